The first-order chi connectivity index (χ1) is 14.0. The van der Waals surface area contributed by atoms with Gasteiger partial charge in [-0.05, 0) is 47.9 Å². The fraction of sp³-hybridized carbons (Fsp3) is 0.273. The Labute approximate surface area is 179 Å². The number of aromatic nitrogens is 1. The summed E-state index contributed by atoms with van der Waals surface area (Å²) in [7, 11) is 1.65. The van der Waals surface area contributed by atoms with Crippen molar-refractivity contribution in [3.05, 3.63) is 69.7 Å². The first kappa shape index (κ1) is 19.8. The van der Waals surface area contributed by atoms with Gasteiger partial charge in [0.1, 0.15) is 5.75 Å². The van der Waals surface area contributed by atoms with Crippen molar-refractivity contribution >= 4 is 29.1 Å². The van der Waals surface area contributed by atoms with Crippen molar-refractivity contribution < 1.29 is 13.9 Å². The minimum absolute atomic E-state index is 0.0859. The van der Waals surface area contributed by atoms with Gasteiger partial charge in [-0.3, -0.25) is 4.79 Å². The Kier molecular flexibility index (Phi) is 5.79. The number of hydrogen-bond acceptors (Lipinski definition) is 4. The molecule has 0 unspecified atom stereocenters. The lowest BCUT2D eigenvalue weighted by atomic mass is 9.99. The number of carbonyl (C=O) groups is 1. The molecule has 5 nitrogen and oxygen atoms in total. The van der Waals surface area contributed by atoms with E-state index in [0.717, 1.165) is 29.8 Å². The zero-order valence-corrected chi connectivity index (χ0v) is 17.5. The number of halogens is 2. The third kappa shape index (κ3) is 4.41. The molecule has 1 aromatic heterocycles. The summed E-state index contributed by atoms with van der Waals surface area (Å²) in [4.78, 5) is 18.9. The van der Waals surface area contributed by atoms with Gasteiger partial charge in [-0.25, -0.2) is 4.98 Å². The molecule has 1 aliphatic rings. The van der Waals surface area contributed by atoms with Crippen molar-refractivity contribution in [2.75, 3.05) is 13.7 Å². The SMILES string of the molecule is COc1ccc2c(c1)CN(C(=O)CCc1ncc(-c3ccc(Cl)cc3Cl)o1)CC2. The average Bonchev–Trinajstić information content (AvgIpc) is 3.19. The molecule has 4 rings (SSSR count). The van der Waals surface area contributed by atoms with E-state index in [-0.39, 0.29) is 5.91 Å². The average molecular weight is 431 g/mol. The van der Waals surface area contributed by atoms with E-state index in [2.05, 4.69) is 11.1 Å². The molecular formula is C22H20Cl2N2O3. The van der Waals surface area contributed by atoms with E-state index in [1.807, 2.05) is 17.0 Å². The molecule has 29 heavy (non-hydrogen) atoms. The number of carbonyl (C=O) groups excluding carboxylic acids is 1. The molecule has 1 aliphatic heterocycles. The van der Waals surface area contributed by atoms with Gasteiger partial charge in [-0.15, -0.1) is 0 Å². The third-order valence-electron chi connectivity index (χ3n) is 5.08. The highest BCUT2D eigenvalue weighted by molar-refractivity contribution is 6.36. The van der Waals surface area contributed by atoms with Crippen LogP contribution in [0.15, 0.2) is 47.0 Å². The second-order valence-electron chi connectivity index (χ2n) is 6.94. The van der Waals surface area contributed by atoms with Crippen molar-refractivity contribution in [3.8, 4) is 17.1 Å². The molecule has 7 heteroatoms. The monoisotopic (exact) mass is 430 g/mol. The van der Waals surface area contributed by atoms with Crippen LogP contribution in [0.1, 0.15) is 23.4 Å². The molecule has 150 valence electrons. The molecule has 0 atom stereocenters. The number of aryl methyl sites for hydroxylation is 1. The number of rotatable bonds is 5. The van der Waals surface area contributed by atoms with E-state index in [4.69, 9.17) is 32.4 Å². The highest BCUT2D eigenvalue weighted by Gasteiger charge is 2.21. The molecule has 0 fully saturated rings. The van der Waals surface area contributed by atoms with Crippen LogP contribution in [0.5, 0.6) is 5.75 Å². The van der Waals surface area contributed by atoms with Crippen molar-refractivity contribution in [1.29, 1.82) is 0 Å². The summed E-state index contributed by atoms with van der Waals surface area (Å²) < 4.78 is 11.1. The van der Waals surface area contributed by atoms with Crippen molar-refractivity contribution in [3.63, 3.8) is 0 Å². The minimum Gasteiger partial charge on any atom is -0.497 e. The number of ether oxygens (including phenoxy) is 1. The van der Waals surface area contributed by atoms with Gasteiger partial charge in [-0.2, -0.15) is 0 Å². The fourth-order valence-electron chi connectivity index (χ4n) is 3.48. The lowest BCUT2D eigenvalue weighted by Gasteiger charge is -2.29. The molecule has 0 saturated heterocycles. The van der Waals surface area contributed by atoms with Crippen LogP contribution in [0, 0.1) is 0 Å². The van der Waals surface area contributed by atoms with Crippen LogP contribution in [0.3, 0.4) is 0 Å². The predicted molar refractivity (Wildman–Crippen MR) is 112 cm³/mol. The summed E-state index contributed by atoms with van der Waals surface area (Å²) in [5, 5.41) is 1.06. The van der Waals surface area contributed by atoms with Crippen LogP contribution < -0.4 is 4.74 Å². The number of fused-ring (bicyclic) bond motifs is 1. The standard InChI is InChI=1S/C22H20Cl2N2O3/c1-28-17-4-2-14-8-9-26(13-15(14)10-17)22(27)7-6-21-25-12-20(29-21)18-5-3-16(23)11-19(18)24/h2-5,10-12H,6-9,13H2,1H3. The van der Waals surface area contributed by atoms with Gasteiger partial charge < -0.3 is 14.1 Å². The van der Waals surface area contributed by atoms with Gasteiger partial charge in [0.15, 0.2) is 11.7 Å². The highest BCUT2D eigenvalue weighted by atomic mass is 35.5. The second kappa shape index (κ2) is 8.47. The molecule has 0 radical (unpaired) electrons. The maximum Gasteiger partial charge on any atom is 0.223 e. The largest absolute Gasteiger partial charge is 0.497 e. The Morgan fingerprint density at radius 3 is 2.86 bits per heavy atom. The van der Waals surface area contributed by atoms with Crippen LogP contribution in [0.25, 0.3) is 11.3 Å². The van der Waals surface area contributed by atoms with Crippen molar-refractivity contribution in [2.45, 2.75) is 25.8 Å². The Balaban J connectivity index is 1.38. The maximum atomic E-state index is 12.7. The molecule has 1 amide bonds. The van der Waals surface area contributed by atoms with Gasteiger partial charge in [0, 0.05) is 36.5 Å². The Morgan fingerprint density at radius 1 is 1.21 bits per heavy atom. The Hall–Kier alpha value is -2.50. The van der Waals surface area contributed by atoms with E-state index in [0.29, 0.717) is 41.1 Å². The van der Waals surface area contributed by atoms with Gasteiger partial charge in [0.05, 0.1) is 18.3 Å². The topological polar surface area (TPSA) is 55.6 Å². The minimum atomic E-state index is 0.0859. The Morgan fingerprint density at radius 2 is 2.07 bits per heavy atom. The lowest BCUT2D eigenvalue weighted by molar-refractivity contribution is -0.132. The zero-order chi connectivity index (χ0) is 20.4. The van der Waals surface area contributed by atoms with E-state index >= 15 is 0 Å². The van der Waals surface area contributed by atoms with E-state index in [9.17, 15) is 4.79 Å². The van der Waals surface area contributed by atoms with Crippen molar-refractivity contribution in [1.82, 2.24) is 9.88 Å². The van der Waals surface area contributed by atoms with Crippen LogP contribution in [0.4, 0.5) is 0 Å². The number of benzene rings is 2. The lowest BCUT2D eigenvalue weighted by Crippen LogP contribution is -2.36. The molecule has 2 aromatic carbocycles. The summed E-state index contributed by atoms with van der Waals surface area (Å²) >= 11 is 12.2. The molecule has 0 saturated carbocycles. The quantitative estimate of drug-likeness (QED) is 0.559. The van der Waals surface area contributed by atoms with Gasteiger partial charge >= 0.3 is 0 Å². The third-order valence-corrected chi connectivity index (χ3v) is 5.63. The zero-order valence-electron chi connectivity index (χ0n) is 16.0. The van der Waals surface area contributed by atoms with E-state index in [1.54, 1.807) is 31.5 Å². The number of nitrogens with zero attached hydrogens (tertiary/aromatic N) is 2. The number of methoxy groups -OCH3 is 1. The van der Waals surface area contributed by atoms with Gasteiger partial charge in [0.2, 0.25) is 5.91 Å². The van der Waals surface area contributed by atoms with E-state index in [1.165, 1.54) is 5.56 Å². The molecule has 3 aromatic rings. The molecule has 0 aliphatic carbocycles. The van der Waals surface area contributed by atoms with Crippen LogP contribution >= 0.6 is 23.2 Å². The molecule has 0 bridgehead atoms. The predicted octanol–water partition coefficient (Wildman–Crippen LogP) is 5.17. The first-order valence-electron chi connectivity index (χ1n) is 9.37. The van der Waals surface area contributed by atoms with Crippen LogP contribution in [-0.4, -0.2) is 29.4 Å². The van der Waals surface area contributed by atoms with Crippen molar-refractivity contribution in [2.24, 2.45) is 0 Å². The van der Waals surface area contributed by atoms with Gasteiger partial charge in [0.25, 0.3) is 0 Å². The maximum absolute atomic E-state index is 12.7. The van der Waals surface area contributed by atoms with Gasteiger partial charge in [-0.1, -0.05) is 29.3 Å². The molecular weight excluding hydrogens is 411 g/mol. The van der Waals surface area contributed by atoms with E-state index < -0.39 is 0 Å². The summed E-state index contributed by atoms with van der Waals surface area (Å²) in [6, 6.07) is 11.2. The summed E-state index contributed by atoms with van der Waals surface area (Å²) in [6.07, 6.45) is 3.25. The normalized spacial score (nSPS) is 13.3. The highest BCUT2D eigenvalue weighted by Crippen LogP contribution is 2.31. The smallest absolute Gasteiger partial charge is 0.223 e. The van der Waals surface area contributed by atoms with Crippen LogP contribution in [-0.2, 0) is 24.2 Å². The summed E-state index contributed by atoms with van der Waals surface area (Å²) in [5.41, 5.74) is 3.13. The molecule has 2 heterocycles. The molecule has 0 spiro atoms. The van der Waals surface area contributed by atoms with Crippen LogP contribution in [0.2, 0.25) is 10.0 Å². The fourth-order valence-corrected chi connectivity index (χ4v) is 3.99. The number of oxazole rings is 1. The Bertz CT molecular complexity index is 1050. The number of hydrogen-bond donors (Lipinski definition) is 0. The second-order valence-corrected chi connectivity index (χ2v) is 7.79. The number of amides is 1. The summed E-state index contributed by atoms with van der Waals surface area (Å²) in [5.74, 6) is 1.97. The summed E-state index contributed by atoms with van der Waals surface area (Å²) in [6.45, 7) is 1.32. The molecule has 0 N–H and O–H groups in total. The first-order valence-corrected chi connectivity index (χ1v) is 10.1.